The fraction of sp³-hybridized carbons (Fsp3) is 0.321. The molecule has 0 radical (unpaired) electrons. The van der Waals surface area contributed by atoms with Crippen molar-refractivity contribution in [2.75, 3.05) is 37.7 Å². The first-order chi connectivity index (χ1) is 18.1. The average Bonchev–Trinajstić information content (AvgIpc) is 2.88. The maximum atomic E-state index is 11.9. The highest BCUT2D eigenvalue weighted by Crippen LogP contribution is 2.32. The van der Waals surface area contributed by atoms with Crippen LogP contribution in [0.2, 0.25) is 0 Å². The first-order valence-corrected chi connectivity index (χ1v) is 13.3. The third kappa shape index (κ3) is 7.32. The summed E-state index contributed by atoms with van der Waals surface area (Å²) in [4.78, 5) is 11.9. The summed E-state index contributed by atoms with van der Waals surface area (Å²) >= 11 is -2.30. The second kappa shape index (κ2) is 13.4. The number of anilines is 1. The van der Waals surface area contributed by atoms with E-state index in [1.54, 1.807) is 25.1 Å². The summed E-state index contributed by atoms with van der Waals surface area (Å²) < 4.78 is 32.5. The molecule has 0 bridgehead atoms. The van der Waals surface area contributed by atoms with Crippen LogP contribution in [-0.2, 0) is 16.0 Å². The van der Waals surface area contributed by atoms with Crippen molar-refractivity contribution in [3.63, 3.8) is 0 Å². The summed E-state index contributed by atoms with van der Waals surface area (Å²) in [6.45, 7) is 7.24. The first-order valence-electron chi connectivity index (χ1n) is 12.2. The van der Waals surface area contributed by atoms with Crippen LogP contribution in [-0.4, -0.2) is 58.3 Å². The Morgan fingerprint density at radius 1 is 1.08 bits per heavy atom. The third-order valence-electron chi connectivity index (χ3n) is 6.03. The fourth-order valence-electron chi connectivity index (χ4n) is 4.13. The molecule has 2 atom stereocenters. The summed E-state index contributed by atoms with van der Waals surface area (Å²) in [5, 5.41) is 23.6. The van der Waals surface area contributed by atoms with Gasteiger partial charge in [0.2, 0.25) is 0 Å². The summed E-state index contributed by atoms with van der Waals surface area (Å²) in [7, 11) is 1.37. The summed E-state index contributed by atoms with van der Waals surface area (Å²) in [5.41, 5.74) is 5.34. The Labute approximate surface area is 225 Å². The van der Waals surface area contributed by atoms with Crippen molar-refractivity contribution in [2.24, 2.45) is 0 Å². The van der Waals surface area contributed by atoms with E-state index >= 15 is 0 Å². The highest BCUT2D eigenvalue weighted by molar-refractivity contribution is 7.80. The van der Waals surface area contributed by atoms with Crippen LogP contribution >= 0.6 is 0 Å². The van der Waals surface area contributed by atoms with Gasteiger partial charge in [-0.1, -0.05) is 18.2 Å². The van der Waals surface area contributed by atoms with Crippen LogP contribution in [0, 0.1) is 13.8 Å². The molecule has 38 heavy (non-hydrogen) atoms. The number of esters is 1. The predicted octanol–water partition coefficient (Wildman–Crippen LogP) is 4.13. The third-order valence-corrected chi connectivity index (χ3v) is 6.70. The van der Waals surface area contributed by atoms with Gasteiger partial charge in [0.15, 0.2) is 0 Å². The minimum Gasteiger partial charge on any atom is -0.506 e. The second-order valence-electron chi connectivity index (χ2n) is 8.77. The normalized spacial score (nSPS) is 12.6. The van der Waals surface area contributed by atoms with Gasteiger partial charge in [0, 0.05) is 20.1 Å². The molecule has 0 aliphatic carbocycles. The van der Waals surface area contributed by atoms with Crippen LogP contribution in [0.3, 0.4) is 0 Å². The number of hydrogen-bond acceptors (Lipinski definition) is 7. The van der Waals surface area contributed by atoms with E-state index in [-0.39, 0.29) is 24.0 Å². The van der Waals surface area contributed by atoms with E-state index in [4.69, 9.17) is 9.47 Å². The number of benzene rings is 3. The van der Waals surface area contributed by atoms with Crippen LogP contribution in [0.5, 0.6) is 11.5 Å². The summed E-state index contributed by atoms with van der Waals surface area (Å²) in [6.07, 6.45) is -0.881. The SMILES string of the molecule is CCOC(=O)c1ccc(-c2c(C)cc(OCCNCC(O)c3ccc(O)c(N(C)S(=O)O)c3)cc2C)cc1. The Morgan fingerprint density at radius 2 is 1.74 bits per heavy atom. The molecule has 0 aromatic heterocycles. The van der Waals surface area contributed by atoms with Crippen LogP contribution in [0.4, 0.5) is 5.69 Å². The number of ether oxygens (including phenoxy) is 2. The van der Waals surface area contributed by atoms with Crippen LogP contribution < -0.4 is 14.4 Å². The minimum absolute atomic E-state index is 0.148. The fourth-order valence-corrected chi connectivity index (χ4v) is 4.45. The highest BCUT2D eigenvalue weighted by Gasteiger charge is 2.16. The summed E-state index contributed by atoms with van der Waals surface area (Å²) in [6, 6.07) is 15.7. The molecule has 0 amide bonds. The van der Waals surface area contributed by atoms with E-state index in [0.717, 1.165) is 32.3 Å². The van der Waals surface area contributed by atoms with E-state index in [1.165, 1.54) is 19.2 Å². The lowest BCUT2D eigenvalue weighted by atomic mass is 9.95. The Kier molecular flexibility index (Phi) is 10.3. The van der Waals surface area contributed by atoms with Crippen molar-refractivity contribution >= 4 is 22.9 Å². The Balaban J connectivity index is 1.54. The number of nitrogens with zero attached hydrogens (tertiary/aromatic N) is 1. The van der Waals surface area contributed by atoms with Crippen LogP contribution in [0.25, 0.3) is 11.1 Å². The van der Waals surface area contributed by atoms with Crippen molar-refractivity contribution in [2.45, 2.75) is 26.9 Å². The molecule has 0 fully saturated rings. The Hall–Kier alpha value is -3.44. The quantitative estimate of drug-likeness (QED) is 0.153. The molecule has 0 aliphatic heterocycles. The maximum absolute atomic E-state index is 11.9. The zero-order chi connectivity index (χ0) is 27.8. The second-order valence-corrected chi connectivity index (χ2v) is 9.78. The monoisotopic (exact) mass is 542 g/mol. The predicted molar refractivity (Wildman–Crippen MR) is 148 cm³/mol. The molecule has 4 N–H and O–H groups in total. The summed E-state index contributed by atoms with van der Waals surface area (Å²) in [5.74, 6) is 0.243. The zero-order valence-corrected chi connectivity index (χ0v) is 22.7. The molecule has 3 aromatic rings. The van der Waals surface area contributed by atoms with Crippen molar-refractivity contribution in [3.05, 3.63) is 76.9 Å². The molecular formula is C28H34N2O7S. The number of phenolic OH excluding ortho intramolecular Hbond substituents is 1. The number of rotatable bonds is 12. The molecule has 9 nitrogen and oxygen atoms in total. The molecule has 204 valence electrons. The maximum Gasteiger partial charge on any atom is 0.338 e. The van der Waals surface area contributed by atoms with Gasteiger partial charge in [-0.05, 0) is 85.0 Å². The van der Waals surface area contributed by atoms with Gasteiger partial charge in [0.25, 0.3) is 11.3 Å². The first kappa shape index (κ1) is 29.1. The van der Waals surface area contributed by atoms with Gasteiger partial charge >= 0.3 is 5.97 Å². The Bertz CT molecular complexity index is 1260. The van der Waals surface area contributed by atoms with Crippen molar-refractivity contribution in [3.8, 4) is 22.6 Å². The van der Waals surface area contributed by atoms with E-state index in [1.807, 2.05) is 38.1 Å². The lowest BCUT2D eigenvalue weighted by molar-refractivity contribution is 0.0526. The minimum atomic E-state index is -2.30. The molecule has 0 aliphatic rings. The van der Waals surface area contributed by atoms with E-state index in [9.17, 15) is 23.8 Å². The molecule has 0 saturated carbocycles. The molecule has 0 spiro atoms. The molecule has 2 unspecified atom stereocenters. The van der Waals surface area contributed by atoms with Crippen molar-refractivity contribution in [1.82, 2.24) is 5.32 Å². The number of nitrogens with one attached hydrogen (secondary N) is 1. The van der Waals surface area contributed by atoms with Crippen LogP contribution in [0.15, 0.2) is 54.6 Å². The van der Waals surface area contributed by atoms with E-state index in [2.05, 4.69) is 5.32 Å². The number of hydrogen-bond donors (Lipinski definition) is 4. The van der Waals surface area contributed by atoms with Crippen LogP contribution in [0.1, 0.15) is 40.1 Å². The number of aliphatic hydroxyl groups is 1. The Morgan fingerprint density at radius 3 is 2.34 bits per heavy atom. The standard InChI is InChI=1S/C28H34N2O7S/c1-5-36-28(33)21-8-6-20(7-9-21)27-18(2)14-23(15-19(27)3)37-13-12-29-17-26(32)22-10-11-25(31)24(16-22)30(4)38(34)35/h6-11,14-16,26,29,31-32H,5,12-13,17H2,1-4H3,(H,34,35). The van der Waals surface area contributed by atoms with Gasteiger partial charge in [-0.15, -0.1) is 0 Å². The average molecular weight is 543 g/mol. The van der Waals surface area contributed by atoms with Gasteiger partial charge in [-0.3, -0.25) is 8.86 Å². The topological polar surface area (TPSA) is 129 Å². The zero-order valence-electron chi connectivity index (χ0n) is 21.9. The number of phenols is 1. The van der Waals surface area contributed by atoms with Crippen molar-refractivity contribution in [1.29, 1.82) is 0 Å². The van der Waals surface area contributed by atoms with Gasteiger partial charge in [0.1, 0.15) is 18.1 Å². The molecule has 10 heteroatoms. The number of aromatic hydroxyl groups is 1. The lowest BCUT2D eigenvalue weighted by Gasteiger charge is -2.19. The smallest absolute Gasteiger partial charge is 0.338 e. The van der Waals surface area contributed by atoms with Gasteiger partial charge in [0.05, 0.1) is 24.0 Å². The molecular weight excluding hydrogens is 508 g/mol. The number of carbonyl (C=O) groups is 1. The number of aryl methyl sites for hydroxylation is 2. The van der Waals surface area contributed by atoms with E-state index < -0.39 is 17.4 Å². The molecule has 3 rings (SSSR count). The van der Waals surface area contributed by atoms with E-state index in [0.29, 0.717) is 30.9 Å². The van der Waals surface area contributed by atoms with Gasteiger partial charge < -0.3 is 25.0 Å². The van der Waals surface area contributed by atoms with Gasteiger partial charge in [-0.25, -0.2) is 9.00 Å². The molecule has 0 heterocycles. The molecule has 0 saturated heterocycles. The largest absolute Gasteiger partial charge is 0.506 e. The highest BCUT2D eigenvalue weighted by atomic mass is 32.2. The van der Waals surface area contributed by atoms with Gasteiger partial charge in [-0.2, -0.15) is 0 Å². The lowest BCUT2D eigenvalue weighted by Crippen LogP contribution is -2.26. The molecule has 3 aromatic carbocycles. The van der Waals surface area contributed by atoms with Crippen molar-refractivity contribution < 1.29 is 33.2 Å². The number of aliphatic hydroxyl groups excluding tert-OH is 1. The number of carbonyl (C=O) groups excluding carboxylic acids is 1.